The number of hydrogen-bond donors (Lipinski definition) is 2. The fourth-order valence-electron chi connectivity index (χ4n) is 2.53. The third-order valence-electron chi connectivity index (χ3n) is 3.68. The molecule has 1 aromatic carbocycles. The van der Waals surface area contributed by atoms with Gasteiger partial charge in [0.25, 0.3) is 5.91 Å². The van der Waals surface area contributed by atoms with Gasteiger partial charge in [0.05, 0.1) is 25.8 Å². The highest BCUT2D eigenvalue weighted by atomic mass is 32.1. The quantitative estimate of drug-likeness (QED) is 0.813. The van der Waals surface area contributed by atoms with Gasteiger partial charge in [-0.3, -0.25) is 4.79 Å². The van der Waals surface area contributed by atoms with Gasteiger partial charge in [-0.1, -0.05) is 6.07 Å². The number of methoxy groups -OCH3 is 1. The number of carbonyl (C=O) groups is 2. The Hall–Kier alpha value is -2.38. The zero-order valence-corrected chi connectivity index (χ0v) is 13.4. The Morgan fingerprint density at radius 3 is 3.00 bits per heavy atom. The van der Waals surface area contributed by atoms with Crippen molar-refractivity contribution in [2.24, 2.45) is 0 Å². The molecule has 3 rings (SSSR count). The molecular formula is C16H16N2O4S. The molecule has 1 aromatic heterocycles. The minimum atomic E-state index is -0.543. The lowest BCUT2D eigenvalue weighted by atomic mass is 10.2. The van der Waals surface area contributed by atoms with Gasteiger partial charge < -0.3 is 20.1 Å². The van der Waals surface area contributed by atoms with Crippen LogP contribution in [-0.2, 0) is 14.3 Å². The van der Waals surface area contributed by atoms with E-state index in [0.717, 1.165) is 15.8 Å². The van der Waals surface area contributed by atoms with E-state index in [2.05, 4.69) is 5.32 Å². The monoisotopic (exact) mass is 332 g/mol. The summed E-state index contributed by atoms with van der Waals surface area (Å²) in [5.41, 5.74) is 1.22. The molecule has 120 valence electrons. The summed E-state index contributed by atoms with van der Waals surface area (Å²) in [5.74, 6) is -0.857. The smallest absolute Gasteiger partial charge is 0.337 e. The summed E-state index contributed by atoms with van der Waals surface area (Å²) in [6.45, 7) is 0.152. The predicted octanol–water partition coefficient (Wildman–Crippen LogP) is 1.57. The van der Waals surface area contributed by atoms with Crippen LogP contribution in [0.1, 0.15) is 0 Å². The SMILES string of the molecule is COC(=O)C1=C(Nc2ccc3ccsc3c2)C(=O)N(CCO)C1. The molecule has 2 aromatic rings. The zero-order valence-electron chi connectivity index (χ0n) is 12.5. The molecule has 2 N–H and O–H groups in total. The normalized spacial score (nSPS) is 14.7. The second kappa shape index (κ2) is 6.39. The van der Waals surface area contributed by atoms with Crippen LogP contribution in [0.25, 0.3) is 10.1 Å². The molecule has 7 heteroatoms. The second-order valence-electron chi connectivity index (χ2n) is 5.09. The van der Waals surface area contributed by atoms with E-state index in [1.54, 1.807) is 11.3 Å². The molecule has 23 heavy (non-hydrogen) atoms. The molecule has 0 spiro atoms. The van der Waals surface area contributed by atoms with Crippen molar-refractivity contribution < 1.29 is 19.4 Å². The second-order valence-corrected chi connectivity index (χ2v) is 6.04. The maximum absolute atomic E-state index is 12.4. The van der Waals surface area contributed by atoms with Crippen molar-refractivity contribution in [1.82, 2.24) is 4.90 Å². The first-order valence-corrected chi connectivity index (χ1v) is 7.98. The Labute approximate surface area is 137 Å². The number of nitrogens with one attached hydrogen (secondary N) is 1. The van der Waals surface area contributed by atoms with E-state index in [1.165, 1.54) is 12.0 Å². The van der Waals surface area contributed by atoms with Gasteiger partial charge in [0, 0.05) is 16.9 Å². The number of nitrogens with zero attached hydrogens (tertiary/aromatic N) is 1. The summed E-state index contributed by atoms with van der Waals surface area (Å²) in [6.07, 6.45) is 0. The highest BCUT2D eigenvalue weighted by Crippen LogP contribution is 2.27. The van der Waals surface area contributed by atoms with Crippen LogP contribution in [0.4, 0.5) is 5.69 Å². The van der Waals surface area contributed by atoms with Crippen molar-refractivity contribution in [3.63, 3.8) is 0 Å². The van der Waals surface area contributed by atoms with Crippen LogP contribution in [-0.4, -0.2) is 48.7 Å². The molecule has 6 nitrogen and oxygen atoms in total. The lowest BCUT2D eigenvalue weighted by Gasteiger charge is -2.15. The average Bonchev–Trinajstić information content (AvgIpc) is 3.13. The molecule has 0 fully saturated rings. The molecule has 0 saturated carbocycles. The van der Waals surface area contributed by atoms with Crippen molar-refractivity contribution in [3.05, 3.63) is 40.9 Å². The van der Waals surface area contributed by atoms with Crippen LogP contribution in [0.3, 0.4) is 0 Å². The Bertz CT molecular complexity index is 796. The number of β-amino-alcohol motifs (C(OH)–C–C–N with tert-alkyl or cyclic N) is 1. The number of fused-ring (bicyclic) bond motifs is 1. The standard InChI is InChI=1S/C16H16N2O4S/c1-22-16(21)12-9-18(5-6-19)15(20)14(12)17-11-3-2-10-4-7-23-13(10)8-11/h2-4,7-8,17,19H,5-6,9H2,1H3. The molecule has 0 atom stereocenters. The zero-order chi connectivity index (χ0) is 16.4. The molecule has 1 aliphatic heterocycles. The number of benzene rings is 1. The molecule has 0 aliphatic carbocycles. The van der Waals surface area contributed by atoms with Crippen LogP contribution in [0.5, 0.6) is 0 Å². The van der Waals surface area contributed by atoms with E-state index < -0.39 is 5.97 Å². The molecule has 0 bridgehead atoms. The van der Waals surface area contributed by atoms with Crippen LogP contribution in [0.15, 0.2) is 40.9 Å². The molecule has 0 radical (unpaired) electrons. The highest BCUT2D eigenvalue weighted by molar-refractivity contribution is 7.17. The van der Waals surface area contributed by atoms with Crippen molar-refractivity contribution >= 4 is 39.0 Å². The average molecular weight is 332 g/mol. The fraction of sp³-hybridized carbons (Fsp3) is 0.250. The summed E-state index contributed by atoms with van der Waals surface area (Å²) in [7, 11) is 1.28. The highest BCUT2D eigenvalue weighted by Gasteiger charge is 2.34. The number of ether oxygens (including phenoxy) is 1. The number of carbonyl (C=O) groups excluding carboxylic acids is 2. The Kier molecular flexibility index (Phi) is 4.31. The van der Waals surface area contributed by atoms with E-state index in [-0.39, 0.29) is 36.9 Å². The number of esters is 1. The van der Waals surface area contributed by atoms with Gasteiger partial charge in [-0.15, -0.1) is 11.3 Å². The van der Waals surface area contributed by atoms with Gasteiger partial charge in [0.1, 0.15) is 5.70 Å². The van der Waals surface area contributed by atoms with E-state index >= 15 is 0 Å². The number of hydrogen-bond acceptors (Lipinski definition) is 6. The first kappa shape index (κ1) is 15.5. The molecule has 1 aliphatic rings. The Morgan fingerprint density at radius 1 is 1.43 bits per heavy atom. The minimum Gasteiger partial charge on any atom is -0.466 e. The van der Waals surface area contributed by atoms with Crippen molar-refractivity contribution in [2.75, 3.05) is 32.1 Å². The van der Waals surface area contributed by atoms with Crippen LogP contribution in [0.2, 0.25) is 0 Å². The van der Waals surface area contributed by atoms with Gasteiger partial charge in [0.15, 0.2) is 0 Å². The van der Waals surface area contributed by atoms with Gasteiger partial charge in [-0.25, -0.2) is 4.79 Å². The van der Waals surface area contributed by atoms with Crippen LogP contribution in [0, 0.1) is 0 Å². The summed E-state index contributed by atoms with van der Waals surface area (Å²) >= 11 is 1.60. The molecule has 0 saturated heterocycles. The van der Waals surface area contributed by atoms with Gasteiger partial charge in [-0.05, 0) is 29.0 Å². The Balaban J connectivity index is 1.92. The maximum Gasteiger partial charge on any atom is 0.337 e. The number of aliphatic hydroxyl groups is 1. The summed E-state index contributed by atoms with van der Waals surface area (Å²) in [4.78, 5) is 25.8. The van der Waals surface area contributed by atoms with Crippen molar-refractivity contribution in [1.29, 1.82) is 0 Å². The first-order chi connectivity index (χ1) is 11.1. The molecule has 1 amide bonds. The lowest BCUT2D eigenvalue weighted by molar-refractivity contribution is -0.136. The number of amides is 1. The lowest BCUT2D eigenvalue weighted by Crippen LogP contribution is -2.31. The number of aliphatic hydroxyl groups excluding tert-OH is 1. The molecular weight excluding hydrogens is 316 g/mol. The summed E-state index contributed by atoms with van der Waals surface area (Å²) in [6, 6.07) is 7.77. The maximum atomic E-state index is 12.4. The minimum absolute atomic E-state index is 0.135. The van der Waals surface area contributed by atoms with E-state index in [1.807, 2.05) is 29.6 Å². The third kappa shape index (κ3) is 2.93. The summed E-state index contributed by atoms with van der Waals surface area (Å²) in [5, 5.41) is 15.2. The topological polar surface area (TPSA) is 78.9 Å². The third-order valence-corrected chi connectivity index (χ3v) is 4.56. The molecule has 0 unspecified atom stereocenters. The predicted molar refractivity (Wildman–Crippen MR) is 88.2 cm³/mol. The van der Waals surface area contributed by atoms with Crippen LogP contribution < -0.4 is 5.32 Å². The van der Waals surface area contributed by atoms with Crippen molar-refractivity contribution in [3.8, 4) is 0 Å². The number of anilines is 1. The van der Waals surface area contributed by atoms with Crippen molar-refractivity contribution in [2.45, 2.75) is 0 Å². The van der Waals surface area contributed by atoms with Gasteiger partial charge in [0.2, 0.25) is 0 Å². The Morgan fingerprint density at radius 2 is 2.26 bits per heavy atom. The summed E-state index contributed by atoms with van der Waals surface area (Å²) < 4.78 is 5.85. The number of thiophene rings is 1. The fourth-order valence-corrected chi connectivity index (χ4v) is 3.35. The first-order valence-electron chi connectivity index (χ1n) is 7.10. The largest absolute Gasteiger partial charge is 0.466 e. The van der Waals surface area contributed by atoms with Gasteiger partial charge >= 0.3 is 5.97 Å². The van der Waals surface area contributed by atoms with Crippen LogP contribution >= 0.6 is 11.3 Å². The van der Waals surface area contributed by atoms with Gasteiger partial charge in [-0.2, -0.15) is 0 Å². The number of rotatable bonds is 5. The van der Waals surface area contributed by atoms with E-state index in [4.69, 9.17) is 9.84 Å². The van der Waals surface area contributed by atoms with E-state index in [0.29, 0.717) is 0 Å². The van der Waals surface area contributed by atoms with E-state index in [9.17, 15) is 9.59 Å². The molecule has 2 heterocycles.